The standard InChI is InChI=1S/C14H19N5O4/c1-3-23-11(20)9-19-13(21)10-8-15-17(2)12(10)16-14(19)18-4-6-22-7-5-18/h8H,3-7,9H2,1-2H3. The molecule has 0 N–H and O–H groups in total. The van der Waals surface area contributed by atoms with Gasteiger partial charge in [0.2, 0.25) is 5.95 Å². The Hall–Kier alpha value is -2.42. The monoisotopic (exact) mass is 321 g/mol. The fourth-order valence-corrected chi connectivity index (χ4v) is 2.59. The highest BCUT2D eigenvalue weighted by Gasteiger charge is 2.22. The molecule has 0 radical (unpaired) electrons. The van der Waals surface area contributed by atoms with E-state index in [0.29, 0.717) is 43.3 Å². The predicted molar refractivity (Wildman–Crippen MR) is 82.4 cm³/mol. The molecule has 1 aliphatic heterocycles. The number of carbonyl (C=O) groups excluding carboxylic acids is 1. The van der Waals surface area contributed by atoms with Gasteiger partial charge in [-0.1, -0.05) is 0 Å². The Kier molecular flexibility index (Phi) is 4.28. The molecule has 9 nitrogen and oxygen atoms in total. The number of nitrogens with zero attached hydrogens (tertiary/aromatic N) is 5. The summed E-state index contributed by atoms with van der Waals surface area (Å²) in [5, 5.41) is 4.46. The number of ether oxygens (including phenoxy) is 2. The summed E-state index contributed by atoms with van der Waals surface area (Å²) in [5.41, 5.74) is 0.203. The molecule has 124 valence electrons. The summed E-state index contributed by atoms with van der Waals surface area (Å²) >= 11 is 0. The Morgan fingerprint density at radius 2 is 2.13 bits per heavy atom. The molecule has 9 heteroatoms. The number of aryl methyl sites for hydroxylation is 1. The third-order valence-electron chi connectivity index (χ3n) is 3.72. The predicted octanol–water partition coefficient (Wildman–Crippen LogP) is -0.470. The molecule has 2 aromatic rings. The van der Waals surface area contributed by atoms with Gasteiger partial charge in [0.15, 0.2) is 5.65 Å². The second kappa shape index (κ2) is 6.37. The Morgan fingerprint density at radius 3 is 2.83 bits per heavy atom. The lowest BCUT2D eigenvalue weighted by Crippen LogP contribution is -2.41. The van der Waals surface area contributed by atoms with Crippen molar-refractivity contribution in [2.45, 2.75) is 13.5 Å². The van der Waals surface area contributed by atoms with E-state index in [4.69, 9.17) is 9.47 Å². The lowest BCUT2D eigenvalue weighted by atomic mass is 10.4. The molecular weight excluding hydrogens is 302 g/mol. The van der Waals surface area contributed by atoms with Crippen LogP contribution in [-0.2, 0) is 27.9 Å². The Bertz CT molecular complexity index is 775. The Labute approximate surface area is 132 Å². The zero-order valence-corrected chi connectivity index (χ0v) is 13.2. The van der Waals surface area contributed by atoms with Crippen molar-refractivity contribution < 1.29 is 14.3 Å². The van der Waals surface area contributed by atoms with E-state index in [1.807, 2.05) is 4.90 Å². The number of morpholine rings is 1. The normalized spacial score (nSPS) is 15.1. The Morgan fingerprint density at radius 1 is 1.39 bits per heavy atom. The first kappa shape index (κ1) is 15.5. The number of aromatic nitrogens is 4. The molecule has 0 aromatic carbocycles. The first-order valence-corrected chi connectivity index (χ1v) is 7.52. The zero-order chi connectivity index (χ0) is 16.4. The van der Waals surface area contributed by atoms with E-state index >= 15 is 0 Å². The smallest absolute Gasteiger partial charge is 0.326 e. The van der Waals surface area contributed by atoms with E-state index in [9.17, 15) is 9.59 Å². The van der Waals surface area contributed by atoms with Gasteiger partial charge in [0, 0.05) is 20.1 Å². The van der Waals surface area contributed by atoms with Crippen molar-refractivity contribution >= 4 is 23.0 Å². The molecule has 1 saturated heterocycles. The van der Waals surface area contributed by atoms with Crippen LogP contribution in [0, 0.1) is 0 Å². The van der Waals surface area contributed by atoms with E-state index in [2.05, 4.69) is 10.1 Å². The summed E-state index contributed by atoms with van der Waals surface area (Å²) in [7, 11) is 1.73. The quantitative estimate of drug-likeness (QED) is 0.703. The summed E-state index contributed by atoms with van der Waals surface area (Å²) in [6, 6.07) is 0. The number of hydrogen-bond acceptors (Lipinski definition) is 7. The second-order valence-corrected chi connectivity index (χ2v) is 5.21. The molecule has 0 atom stereocenters. The number of fused-ring (bicyclic) bond motifs is 1. The van der Waals surface area contributed by atoms with Crippen LogP contribution in [0.3, 0.4) is 0 Å². The Balaban J connectivity index is 2.11. The van der Waals surface area contributed by atoms with Gasteiger partial charge in [-0.05, 0) is 6.92 Å². The highest BCUT2D eigenvalue weighted by atomic mass is 16.5. The maximum atomic E-state index is 12.7. The van der Waals surface area contributed by atoms with Crippen molar-refractivity contribution in [1.82, 2.24) is 19.3 Å². The maximum Gasteiger partial charge on any atom is 0.326 e. The molecule has 3 rings (SSSR count). The van der Waals surface area contributed by atoms with Crippen molar-refractivity contribution in [3.8, 4) is 0 Å². The van der Waals surface area contributed by atoms with E-state index in [1.165, 1.54) is 10.8 Å². The van der Waals surface area contributed by atoms with Crippen LogP contribution in [0.4, 0.5) is 5.95 Å². The van der Waals surface area contributed by atoms with Crippen LogP contribution in [0.5, 0.6) is 0 Å². The van der Waals surface area contributed by atoms with Crippen LogP contribution in [0.2, 0.25) is 0 Å². The van der Waals surface area contributed by atoms with Gasteiger partial charge in [-0.15, -0.1) is 0 Å². The summed E-state index contributed by atoms with van der Waals surface area (Å²) in [5.74, 6) is -0.0170. The summed E-state index contributed by atoms with van der Waals surface area (Å²) < 4.78 is 13.2. The van der Waals surface area contributed by atoms with Crippen LogP contribution in [0.15, 0.2) is 11.0 Å². The minimum atomic E-state index is -0.464. The largest absolute Gasteiger partial charge is 0.465 e. The van der Waals surface area contributed by atoms with E-state index in [1.54, 1.807) is 18.7 Å². The highest BCUT2D eigenvalue weighted by molar-refractivity contribution is 5.76. The van der Waals surface area contributed by atoms with Gasteiger partial charge < -0.3 is 14.4 Å². The van der Waals surface area contributed by atoms with Gasteiger partial charge in [-0.25, -0.2) is 0 Å². The molecule has 23 heavy (non-hydrogen) atoms. The van der Waals surface area contributed by atoms with Gasteiger partial charge >= 0.3 is 5.97 Å². The van der Waals surface area contributed by atoms with Gasteiger partial charge in [0.05, 0.1) is 26.0 Å². The maximum absolute atomic E-state index is 12.7. The molecule has 1 aliphatic rings. The van der Waals surface area contributed by atoms with Crippen molar-refractivity contribution in [2.75, 3.05) is 37.8 Å². The van der Waals surface area contributed by atoms with Crippen LogP contribution in [0.25, 0.3) is 11.0 Å². The molecule has 3 heterocycles. The van der Waals surface area contributed by atoms with Crippen molar-refractivity contribution in [2.24, 2.45) is 7.05 Å². The van der Waals surface area contributed by atoms with Gasteiger partial charge in [-0.2, -0.15) is 10.1 Å². The molecule has 0 unspecified atom stereocenters. The first-order valence-electron chi connectivity index (χ1n) is 7.52. The number of anilines is 1. The fourth-order valence-electron chi connectivity index (χ4n) is 2.59. The minimum absolute atomic E-state index is 0.169. The third-order valence-corrected chi connectivity index (χ3v) is 3.72. The van der Waals surface area contributed by atoms with Crippen LogP contribution < -0.4 is 10.5 Å². The SMILES string of the molecule is CCOC(=O)Cn1c(N2CCOCC2)nc2c(cnn2C)c1=O. The molecule has 2 aromatic heterocycles. The van der Waals surface area contributed by atoms with E-state index in [0.717, 1.165) is 0 Å². The summed E-state index contributed by atoms with van der Waals surface area (Å²) in [4.78, 5) is 31.1. The third kappa shape index (κ3) is 2.91. The molecule has 0 saturated carbocycles. The molecule has 1 fully saturated rings. The fraction of sp³-hybridized carbons (Fsp3) is 0.571. The van der Waals surface area contributed by atoms with Gasteiger partial charge in [-0.3, -0.25) is 18.8 Å². The molecule has 0 spiro atoms. The lowest BCUT2D eigenvalue weighted by molar-refractivity contribution is -0.143. The minimum Gasteiger partial charge on any atom is -0.465 e. The van der Waals surface area contributed by atoms with Gasteiger partial charge in [0.25, 0.3) is 5.56 Å². The van der Waals surface area contributed by atoms with E-state index < -0.39 is 5.97 Å². The number of esters is 1. The summed E-state index contributed by atoms with van der Waals surface area (Å²) in [6.45, 7) is 4.15. The first-order chi connectivity index (χ1) is 11.1. The highest BCUT2D eigenvalue weighted by Crippen LogP contribution is 2.16. The van der Waals surface area contributed by atoms with Crippen LogP contribution in [0.1, 0.15) is 6.92 Å². The van der Waals surface area contributed by atoms with Crippen LogP contribution >= 0.6 is 0 Å². The van der Waals surface area contributed by atoms with Gasteiger partial charge in [0.1, 0.15) is 11.9 Å². The molecule has 0 amide bonds. The number of hydrogen-bond donors (Lipinski definition) is 0. The number of carbonyl (C=O) groups is 1. The molecular formula is C14H19N5O4. The molecule has 0 bridgehead atoms. The average Bonchev–Trinajstić information content (AvgIpc) is 2.92. The van der Waals surface area contributed by atoms with Crippen molar-refractivity contribution in [3.63, 3.8) is 0 Å². The average molecular weight is 321 g/mol. The van der Waals surface area contributed by atoms with Crippen LogP contribution in [-0.4, -0.2) is 58.2 Å². The summed E-state index contributed by atoms with van der Waals surface area (Å²) in [6.07, 6.45) is 1.47. The zero-order valence-electron chi connectivity index (χ0n) is 13.2. The van der Waals surface area contributed by atoms with Crippen molar-refractivity contribution in [3.05, 3.63) is 16.6 Å². The topological polar surface area (TPSA) is 91.5 Å². The second-order valence-electron chi connectivity index (χ2n) is 5.21. The molecule has 0 aliphatic carbocycles. The number of rotatable bonds is 4. The lowest BCUT2D eigenvalue weighted by Gasteiger charge is -2.29. The van der Waals surface area contributed by atoms with Crippen molar-refractivity contribution in [1.29, 1.82) is 0 Å². The van der Waals surface area contributed by atoms with E-state index in [-0.39, 0.29) is 18.7 Å².